The number of H-pyrrole nitrogens is 1. The van der Waals surface area contributed by atoms with E-state index < -0.39 is 0 Å². The summed E-state index contributed by atoms with van der Waals surface area (Å²) in [7, 11) is 0. The highest BCUT2D eigenvalue weighted by Crippen LogP contribution is 2.10. The molecule has 78 valence electrons. The number of hydrogen-bond acceptors (Lipinski definition) is 2. The van der Waals surface area contributed by atoms with Crippen molar-refractivity contribution in [2.45, 2.75) is 18.7 Å². The number of aromatic nitrogens is 2. The fourth-order valence-corrected chi connectivity index (χ4v) is 1.07. The van der Waals surface area contributed by atoms with E-state index in [0.717, 1.165) is 0 Å². The van der Waals surface area contributed by atoms with Crippen molar-refractivity contribution in [2.24, 2.45) is 5.92 Å². The van der Waals surface area contributed by atoms with Crippen LogP contribution in [0.4, 0.5) is 0 Å². The number of carbonyl (C=O) groups excluding carboxylic acids is 1. The maximum atomic E-state index is 11.4. The van der Waals surface area contributed by atoms with Gasteiger partial charge in [0.1, 0.15) is 5.69 Å². The highest BCUT2D eigenvalue weighted by Gasteiger charge is 2.12. The van der Waals surface area contributed by atoms with Crippen molar-refractivity contribution in [1.82, 2.24) is 15.5 Å². The molecule has 0 fully saturated rings. The minimum atomic E-state index is -0.118. The third-order valence-corrected chi connectivity index (χ3v) is 3.31. The van der Waals surface area contributed by atoms with Crippen LogP contribution in [0.15, 0.2) is 12.3 Å². The van der Waals surface area contributed by atoms with E-state index in [-0.39, 0.29) is 5.91 Å². The van der Waals surface area contributed by atoms with Gasteiger partial charge in [0.15, 0.2) is 0 Å². The molecule has 2 N–H and O–H groups in total. The predicted octanol–water partition coefficient (Wildman–Crippen LogP) is 1.56. The summed E-state index contributed by atoms with van der Waals surface area (Å²) in [6.07, 6.45) is 1.56. The number of rotatable bonds is 4. The van der Waals surface area contributed by atoms with E-state index in [9.17, 15) is 4.79 Å². The Morgan fingerprint density at radius 1 is 1.71 bits per heavy atom. The summed E-state index contributed by atoms with van der Waals surface area (Å²) in [5.41, 5.74) is 0.494. The quantitative estimate of drug-likeness (QED) is 0.807. The Balaban J connectivity index is 2.36. The van der Waals surface area contributed by atoms with Crippen molar-refractivity contribution in [2.75, 3.05) is 6.54 Å². The van der Waals surface area contributed by atoms with Crippen LogP contribution in [0, 0.1) is 5.92 Å². The van der Waals surface area contributed by atoms with E-state index in [1.54, 1.807) is 12.3 Å². The van der Waals surface area contributed by atoms with Gasteiger partial charge in [0.2, 0.25) is 0 Å². The Morgan fingerprint density at radius 2 is 2.43 bits per heavy atom. The topological polar surface area (TPSA) is 57.8 Å². The largest absolute Gasteiger partial charge is 0.350 e. The van der Waals surface area contributed by atoms with Gasteiger partial charge < -0.3 is 5.32 Å². The molecule has 14 heavy (non-hydrogen) atoms. The molecule has 5 heteroatoms. The molecule has 1 aromatic rings. The van der Waals surface area contributed by atoms with Crippen LogP contribution in [-0.2, 0) is 0 Å². The predicted molar refractivity (Wildman–Crippen MR) is 58.5 cm³/mol. The number of carbonyl (C=O) groups is 1. The maximum absolute atomic E-state index is 11.4. The molecular weight excluding hydrogens is 246 g/mol. The summed E-state index contributed by atoms with van der Waals surface area (Å²) in [6, 6.07) is 1.65. The number of aromatic amines is 1. The van der Waals surface area contributed by atoms with Crippen LogP contribution in [0.1, 0.15) is 24.3 Å². The van der Waals surface area contributed by atoms with Crippen LogP contribution in [0.25, 0.3) is 0 Å². The van der Waals surface area contributed by atoms with Gasteiger partial charge in [-0.1, -0.05) is 29.8 Å². The van der Waals surface area contributed by atoms with Gasteiger partial charge in [-0.2, -0.15) is 5.10 Å². The lowest BCUT2D eigenvalue weighted by molar-refractivity contribution is 0.0948. The van der Waals surface area contributed by atoms with Gasteiger partial charge in [0, 0.05) is 17.6 Å². The first-order valence-corrected chi connectivity index (χ1v) is 5.44. The molecule has 0 aliphatic carbocycles. The zero-order valence-corrected chi connectivity index (χ0v) is 9.84. The van der Waals surface area contributed by atoms with Crippen molar-refractivity contribution in [3.63, 3.8) is 0 Å². The fraction of sp³-hybridized carbons (Fsp3) is 0.556. The molecule has 0 bridgehead atoms. The minimum Gasteiger partial charge on any atom is -0.350 e. The van der Waals surface area contributed by atoms with Crippen LogP contribution >= 0.6 is 15.9 Å². The van der Waals surface area contributed by atoms with Gasteiger partial charge in [-0.05, 0) is 12.0 Å². The third kappa shape index (κ3) is 3.14. The molecule has 0 aliphatic rings. The molecule has 0 aliphatic heterocycles. The van der Waals surface area contributed by atoms with Crippen molar-refractivity contribution in [3.8, 4) is 0 Å². The second-order valence-corrected chi connectivity index (χ2v) is 4.62. The molecule has 1 heterocycles. The lowest BCUT2D eigenvalue weighted by Crippen LogP contribution is -2.31. The summed E-state index contributed by atoms with van der Waals surface area (Å²) in [6.45, 7) is 4.82. The molecule has 0 aromatic carbocycles. The van der Waals surface area contributed by atoms with E-state index in [2.05, 4.69) is 45.3 Å². The monoisotopic (exact) mass is 259 g/mol. The van der Waals surface area contributed by atoms with Crippen LogP contribution in [0.3, 0.4) is 0 Å². The van der Waals surface area contributed by atoms with Gasteiger partial charge in [0.05, 0.1) is 0 Å². The Bertz CT molecular complexity index is 284. The Morgan fingerprint density at radius 3 is 2.93 bits per heavy atom. The minimum absolute atomic E-state index is 0.118. The molecule has 0 spiro atoms. The highest BCUT2D eigenvalue weighted by atomic mass is 79.9. The summed E-state index contributed by atoms with van der Waals surface area (Å²) in [5.74, 6) is 0.379. The van der Waals surface area contributed by atoms with Crippen LogP contribution in [-0.4, -0.2) is 27.5 Å². The summed E-state index contributed by atoms with van der Waals surface area (Å²) in [5, 5.41) is 9.13. The first-order valence-electron chi connectivity index (χ1n) is 4.53. The first kappa shape index (κ1) is 11.2. The first-order chi connectivity index (χ1) is 6.61. The maximum Gasteiger partial charge on any atom is 0.269 e. The van der Waals surface area contributed by atoms with Gasteiger partial charge in [-0.3, -0.25) is 9.89 Å². The fourth-order valence-electron chi connectivity index (χ4n) is 0.903. The molecule has 1 rings (SSSR count). The van der Waals surface area contributed by atoms with Crippen molar-refractivity contribution in [3.05, 3.63) is 18.0 Å². The SMILES string of the molecule is CC(C)C(Br)CNC(=O)c1ccn[nH]1. The Labute approximate surface area is 91.6 Å². The number of halogens is 1. The molecule has 0 saturated heterocycles. The molecule has 0 saturated carbocycles. The molecule has 4 nitrogen and oxygen atoms in total. The van der Waals surface area contributed by atoms with Gasteiger partial charge in [0.25, 0.3) is 5.91 Å². The second-order valence-electron chi connectivity index (χ2n) is 3.44. The van der Waals surface area contributed by atoms with Gasteiger partial charge in [-0.25, -0.2) is 0 Å². The molecular formula is C9H14BrN3O. The van der Waals surface area contributed by atoms with E-state index >= 15 is 0 Å². The van der Waals surface area contributed by atoms with Gasteiger partial charge >= 0.3 is 0 Å². The molecule has 1 amide bonds. The molecule has 1 atom stereocenters. The van der Waals surface area contributed by atoms with Crippen LogP contribution in [0.2, 0.25) is 0 Å². The summed E-state index contributed by atoms with van der Waals surface area (Å²) < 4.78 is 0. The van der Waals surface area contributed by atoms with E-state index in [1.165, 1.54) is 0 Å². The number of nitrogens with zero attached hydrogens (tertiary/aromatic N) is 1. The number of nitrogens with one attached hydrogen (secondary N) is 2. The van der Waals surface area contributed by atoms with Crippen molar-refractivity contribution < 1.29 is 4.79 Å². The average molecular weight is 260 g/mol. The molecule has 1 aromatic heterocycles. The van der Waals surface area contributed by atoms with E-state index in [0.29, 0.717) is 23.0 Å². The van der Waals surface area contributed by atoms with Crippen LogP contribution < -0.4 is 5.32 Å². The summed E-state index contributed by atoms with van der Waals surface area (Å²) in [4.78, 5) is 11.7. The average Bonchev–Trinajstić information content (AvgIpc) is 2.66. The summed E-state index contributed by atoms with van der Waals surface area (Å²) >= 11 is 3.49. The smallest absolute Gasteiger partial charge is 0.269 e. The zero-order valence-electron chi connectivity index (χ0n) is 8.25. The van der Waals surface area contributed by atoms with Crippen molar-refractivity contribution in [1.29, 1.82) is 0 Å². The number of alkyl halides is 1. The normalized spacial score (nSPS) is 12.9. The molecule has 1 unspecified atom stereocenters. The zero-order chi connectivity index (χ0) is 10.6. The lowest BCUT2D eigenvalue weighted by atomic mass is 10.1. The molecule has 0 radical (unpaired) electrons. The van der Waals surface area contributed by atoms with E-state index in [4.69, 9.17) is 0 Å². The Kier molecular flexibility index (Phi) is 4.13. The lowest BCUT2D eigenvalue weighted by Gasteiger charge is -2.13. The van der Waals surface area contributed by atoms with E-state index in [1.807, 2.05) is 0 Å². The highest BCUT2D eigenvalue weighted by molar-refractivity contribution is 9.09. The third-order valence-electron chi connectivity index (χ3n) is 1.93. The standard InChI is InChI=1S/C9H14BrN3O/c1-6(2)7(10)5-11-9(14)8-3-4-12-13-8/h3-4,6-7H,5H2,1-2H3,(H,11,14)(H,12,13). The second kappa shape index (κ2) is 5.14. The van der Waals surface area contributed by atoms with Crippen LogP contribution in [0.5, 0.6) is 0 Å². The van der Waals surface area contributed by atoms with Gasteiger partial charge in [-0.15, -0.1) is 0 Å². The van der Waals surface area contributed by atoms with Crippen molar-refractivity contribution >= 4 is 21.8 Å². The Hall–Kier alpha value is -0.840. The number of hydrogen-bond donors (Lipinski definition) is 2. The number of amides is 1.